The van der Waals surface area contributed by atoms with Gasteiger partial charge in [0.15, 0.2) is 28.7 Å². The van der Waals surface area contributed by atoms with Gasteiger partial charge in [-0.15, -0.1) is 5.10 Å². The highest BCUT2D eigenvalue weighted by molar-refractivity contribution is 5.92. The third-order valence-corrected chi connectivity index (χ3v) is 9.51. The minimum atomic E-state index is -0.646. The second kappa shape index (κ2) is 13.2. The number of rotatable bonds is 10. The molecule has 0 unspecified atom stereocenters. The van der Waals surface area contributed by atoms with E-state index in [1.165, 1.54) is 7.11 Å². The Morgan fingerprint density at radius 1 is 0.863 bits per heavy atom. The number of aromatic nitrogens is 3. The molecule has 4 atom stereocenters. The normalized spacial score (nSPS) is 19.8. The summed E-state index contributed by atoms with van der Waals surface area (Å²) in [6, 6.07) is 24.0. The van der Waals surface area contributed by atoms with Gasteiger partial charge in [-0.2, -0.15) is 0 Å². The summed E-state index contributed by atoms with van der Waals surface area (Å²) in [5, 5.41) is 11.6. The van der Waals surface area contributed by atoms with Crippen molar-refractivity contribution in [1.82, 2.24) is 20.3 Å². The maximum atomic E-state index is 13.9. The van der Waals surface area contributed by atoms with Crippen LogP contribution in [0.2, 0.25) is 0 Å². The number of cyclic esters (lactones) is 1. The Morgan fingerprint density at radius 2 is 1.59 bits per heavy atom. The highest BCUT2D eigenvalue weighted by Crippen LogP contribution is 2.55. The SMILES string of the molecule is COc1cc([C@@H]2c3cc4c(cc3[C@@H](NC(=O)c3cn(Cc5cccc(Oc6ccccc6)c5)nn3)[C@H]3COC(=O)[C@H]23)OCO4)cc(OC)c1OC. The molecule has 1 saturated heterocycles. The molecule has 3 heterocycles. The second-order valence-corrected chi connectivity index (χ2v) is 12.4. The van der Waals surface area contributed by atoms with E-state index >= 15 is 0 Å². The van der Waals surface area contributed by atoms with E-state index < -0.39 is 29.7 Å². The van der Waals surface area contributed by atoms with E-state index in [0.717, 1.165) is 28.0 Å². The topological polar surface area (TPSA) is 141 Å². The second-order valence-electron chi connectivity index (χ2n) is 12.4. The molecule has 51 heavy (non-hydrogen) atoms. The molecule has 1 aliphatic carbocycles. The number of fused-ring (bicyclic) bond motifs is 3. The largest absolute Gasteiger partial charge is 0.493 e. The summed E-state index contributed by atoms with van der Waals surface area (Å²) in [6.45, 7) is 0.534. The van der Waals surface area contributed by atoms with Crippen LogP contribution < -0.4 is 33.7 Å². The first-order valence-electron chi connectivity index (χ1n) is 16.4. The molecule has 8 rings (SSSR count). The minimum absolute atomic E-state index is 0.0589. The Balaban J connectivity index is 1.10. The van der Waals surface area contributed by atoms with Gasteiger partial charge in [-0.1, -0.05) is 35.5 Å². The molecule has 0 bridgehead atoms. The number of hydrogen-bond donors (Lipinski definition) is 1. The quantitative estimate of drug-likeness (QED) is 0.191. The molecule has 2 aliphatic heterocycles. The number of benzene rings is 4. The van der Waals surface area contributed by atoms with Crippen molar-refractivity contribution in [3.8, 4) is 40.2 Å². The summed E-state index contributed by atoms with van der Waals surface area (Å²) in [4.78, 5) is 27.4. The van der Waals surface area contributed by atoms with Crippen LogP contribution in [0.5, 0.6) is 40.2 Å². The summed E-state index contributed by atoms with van der Waals surface area (Å²) >= 11 is 0. The van der Waals surface area contributed by atoms with Crippen molar-refractivity contribution in [3.05, 3.63) is 113 Å². The molecule has 4 aromatic carbocycles. The van der Waals surface area contributed by atoms with Crippen molar-refractivity contribution in [3.63, 3.8) is 0 Å². The number of ether oxygens (including phenoxy) is 7. The lowest BCUT2D eigenvalue weighted by Crippen LogP contribution is -2.43. The molecule has 0 radical (unpaired) electrons. The number of nitrogens with one attached hydrogen (secondary N) is 1. The van der Waals surface area contributed by atoms with Crippen LogP contribution >= 0.6 is 0 Å². The van der Waals surface area contributed by atoms with Gasteiger partial charge in [-0.25, -0.2) is 4.68 Å². The van der Waals surface area contributed by atoms with E-state index in [-0.39, 0.29) is 25.1 Å². The summed E-state index contributed by atoms with van der Waals surface area (Å²) in [7, 11) is 4.62. The number of carbonyl (C=O) groups excluding carboxylic acids is 2. The molecule has 1 N–H and O–H groups in total. The van der Waals surface area contributed by atoms with Gasteiger partial charge in [0.25, 0.3) is 5.91 Å². The van der Waals surface area contributed by atoms with Crippen LogP contribution in [0.25, 0.3) is 0 Å². The first-order valence-corrected chi connectivity index (χ1v) is 16.4. The maximum absolute atomic E-state index is 13.9. The summed E-state index contributed by atoms with van der Waals surface area (Å²) in [5.74, 6) is 1.47. The van der Waals surface area contributed by atoms with E-state index in [1.54, 1.807) is 25.1 Å². The number of para-hydroxylation sites is 1. The highest BCUT2D eigenvalue weighted by Gasteiger charge is 2.53. The number of esters is 1. The van der Waals surface area contributed by atoms with Crippen LogP contribution in [-0.2, 0) is 16.1 Å². The third-order valence-electron chi connectivity index (χ3n) is 9.51. The van der Waals surface area contributed by atoms with Gasteiger partial charge in [-0.3, -0.25) is 9.59 Å². The fraction of sp³-hybridized carbons (Fsp3) is 0.263. The van der Waals surface area contributed by atoms with Crippen molar-refractivity contribution < 1.29 is 42.7 Å². The van der Waals surface area contributed by atoms with Crippen LogP contribution in [-0.4, -0.2) is 61.6 Å². The first kappa shape index (κ1) is 32.0. The van der Waals surface area contributed by atoms with Crippen molar-refractivity contribution in [2.75, 3.05) is 34.7 Å². The lowest BCUT2D eigenvalue weighted by molar-refractivity contribution is -0.141. The molecule has 0 spiro atoms. The Bertz CT molecular complexity index is 2090. The molecule has 3 aliphatic rings. The number of nitrogens with zero attached hydrogens (tertiary/aromatic N) is 3. The third kappa shape index (κ3) is 5.90. The monoisotopic (exact) mass is 690 g/mol. The van der Waals surface area contributed by atoms with E-state index in [1.807, 2.05) is 78.9 Å². The molecular weight excluding hydrogens is 656 g/mol. The predicted octanol–water partition coefficient (Wildman–Crippen LogP) is 5.28. The highest BCUT2D eigenvalue weighted by atomic mass is 16.7. The molecule has 13 heteroatoms. The Kier molecular flexibility index (Phi) is 8.30. The maximum Gasteiger partial charge on any atom is 0.310 e. The van der Waals surface area contributed by atoms with Crippen LogP contribution in [0.1, 0.15) is 44.7 Å². The van der Waals surface area contributed by atoms with Gasteiger partial charge in [0.05, 0.1) is 52.6 Å². The van der Waals surface area contributed by atoms with E-state index in [0.29, 0.717) is 41.0 Å². The molecular formula is C38H34N4O9. The average molecular weight is 691 g/mol. The van der Waals surface area contributed by atoms with Gasteiger partial charge in [-0.05, 0) is 70.8 Å². The summed E-state index contributed by atoms with van der Waals surface area (Å²) < 4.78 is 41.7. The van der Waals surface area contributed by atoms with Crippen molar-refractivity contribution in [2.45, 2.75) is 18.5 Å². The molecule has 0 saturated carbocycles. The van der Waals surface area contributed by atoms with Crippen molar-refractivity contribution >= 4 is 11.9 Å². The molecule has 13 nitrogen and oxygen atoms in total. The molecule has 1 amide bonds. The fourth-order valence-electron chi connectivity index (χ4n) is 7.24. The lowest BCUT2D eigenvalue weighted by atomic mass is 9.65. The smallest absolute Gasteiger partial charge is 0.310 e. The number of methoxy groups -OCH3 is 3. The molecule has 260 valence electrons. The summed E-state index contributed by atoms with van der Waals surface area (Å²) in [6.07, 6.45) is 1.59. The lowest BCUT2D eigenvalue weighted by Gasteiger charge is -2.39. The van der Waals surface area contributed by atoms with Crippen LogP contribution in [0.3, 0.4) is 0 Å². The van der Waals surface area contributed by atoms with Crippen LogP contribution in [0.4, 0.5) is 0 Å². The average Bonchev–Trinajstić information content (AvgIpc) is 3.91. The van der Waals surface area contributed by atoms with Crippen molar-refractivity contribution in [2.24, 2.45) is 11.8 Å². The van der Waals surface area contributed by atoms with Crippen molar-refractivity contribution in [1.29, 1.82) is 0 Å². The Labute approximate surface area is 292 Å². The van der Waals surface area contributed by atoms with Gasteiger partial charge in [0.2, 0.25) is 12.5 Å². The zero-order valence-corrected chi connectivity index (χ0v) is 28.0. The minimum Gasteiger partial charge on any atom is -0.493 e. The molecule has 5 aromatic rings. The molecule has 1 fully saturated rings. The van der Waals surface area contributed by atoms with Crippen LogP contribution in [0.15, 0.2) is 85.1 Å². The van der Waals surface area contributed by atoms with Gasteiger partial charge < -0.3 is 38.5 Å². The van der Waals surface area contributed by atoms with Gasteiger partial charge >= 0.3 is 5.97 Å². The standard InChI is InChI=1S/C38H34N4O9/c1-45-31-13-22(14-32(46-2)36(31)47-3)33-25-15-29-30(50-20-49-29)16-26(25)35(27-19-48-38(44)34(27)33)39-37(43)28-18-42(41-40-28)17-21-8-7-11-24(12-21)51-23-9-5-4-6-10-23/h4-16,18,27,33-35H,17,19-20H2,1-3H3,(H,39,43)/t27-,33+,34-,35+/m0/s1. The number of amides is 1. The number of hydrogen-bond acceptors (Lipinski definition) is 11. The molecule has 1 aromatic heterocycles. The fourth-order valence-corrected chi connectivity index (χ4v) is 7.24. The zero-order chi connectivity index (χ0) is 35.1. The van der Waals surface area contributed by atoms with E-state index in [2.05, 4.69) is 15.6 Å². The van der Waals surface area contributed by atoms with E-state index in [9.17, 15) is 9.59 Å². The Morgan fingerprint density at radius 3 is 2.31 bits per heavy atom. The van der Waals surface area contributed by atoms with Crippen LogP contribution in [0, 0.1) is 11.8 Å². The zero-order valence-electron chi connectivity index (χ0n) is 28.0. The number of carbonyl (C=O) groups is 2. The van der Waals surface area contributed by atoms with E-state index in [4.69, 9.17) is 33.2 Å². The first-order chi connectivity index (χ1) is 24.9. The van der Waals surface area contributed by atoms with Gasteiger partial charge in [0.1, 0.15) is 11.5 Å². The Hall–Kier alpha value is -6.24. The van der Waals surface area contributed by atoms with Gasteiger partial charge in [0, 0.05) is 11.8 Å². The summed E-state index contributed by atoms with van der Waals surface area (Å²) in [5.41, 5.74) is 3.35. The predicted molar refractivity (Wildman–Crippen MR) is 181 cm³/mol.